The summed E-state index contributed by atoms with van der Waals surface area (Å²) in [5.74, 6) is -0.623. The van der Waals surface area contributed by atoms with Gasteiger partial charge in [0.1, 0.15) is 0 Å². The third-order valence-corrected chi connectivity index (χ3v) is 5.11. The molecule has 6 heteroatoms. The number of anilines is 1. The van der Waals surface area contributed by atoms with E-state index in [0.29, 0.717) is 22.2 Å². The second-order valence-electron chi connectivity index (χ2n) is 7.05. The van der Waals surface area contributed by atoms with Crippen molar-refractivity contribution in [2.45, 2.75) is 31.7 Å². The summed E-state index contributed by atoms with van der Waals surface area (Å²) in [7, 11) is 0. The lowest BCUT2D eigenvalue weighted by Gasteiger charge is -2.15. The Bertz CT molecular complexity index is 1100. The van der Waals surface area contributed by atoms with Crippen molar-refractivity contribution in [2.75, 3.05) is 5.32 Å². The minimum Gasteiger partial charge on any atom is -0.349 e. The molecule has 2 amide bonds. The Labute approximate surface area is 162 Å². The molecule has 4 rings (SSSR count). The number of rotatable bonds is 4. The van der Waals surface area contributed by atoms with E-state index in [1.165, 1.54) is 6.07 Å². The highest BCUT2D eigenvalue weighted by Gasteiger charge is 2.21. The van der Waals surface area contributed by atoms with E-state index in [1.54, 1.807) is 48.5 Å². The quantitative estimate of drug-likeness (QED) is 0.652. The highest BCUT2D eigenvalue weighted by molar-refractivity contribution is 6.14. The van der Waals surface area contributed by atoms with Crippen LogP contribution >= 0.6 is 0 Å². The average molecular weight is 375 g/mol. The van der Waals surface area contributed by atoms with Crippen LogP contribution in [0.5, 0.6) is 0 Å². The van der Waals surface area contributed by atoms with Crippen molar-refractivity contribution in [1.82, 2.24) is 10.3 Å². The monoisotopic (exact) mass is 375 g/mol. The van der Waals surface area contributed by atoms with Gasteiger partial charge in [0.25, 0.3) is 11.8 Å². The molecule has 0 bridgehead atoms. The van der Waals surface area contributed by atoms with Crippen molar-refractivity contribution in [1.29, 1.82) is 0 Å². The molecule has 2 aromatic carbocycles. The van der Waals surface area contributed by atoms with Crippen LogP contribution in [0.2, 0.25) is 0 Å². The Balaban J connectivity index is 1.62. The van der Waals surface area contributed by atoms with E-state index >= 15 is 0 Å². The van der Waals surface area contributed by atoms with Gasteiger partial charge in [0.2, 0.25) is 5.56 Å². The second kappa shape index (κ2) is 7.68. The summed E-state index contributed by atoms with van der Waals surface area (Å²) in [6, 6.07) is 15.5. The Kier molecular flexibility index (Phi) is 4.93. The third-order valence-electron chi connectivity index (χ3n) is 5.11. The van der Waals surface area contributed by atoms with Gasteiger partial charge >= 0.3 is 0 Å². The van der Waals surface area contributed by atoms with Gasteiger partial charge in [-0.1, -0.05) is 43.2 Å². The molecule has 1 fully saturated rings. The molecule has 0 aliphatic heterocycles. The number of aromatic nitrogens is 1. The number of nitrogens with one attached hydrogen (secondary N) is 3. The van der Waals surface area contributed by atoms with Gasteiger partial charge in [0.15, 0.2) is 0 Å². The fourth-order valence-corrected chi connectivity index (χ4v) is 3.71. The Hall–Kier alpha value is -3.41. The Morgan fingerprint density at radius 1 is 0.893 bits per heavy atom. The number of carbonyl (C=O) groups is 2. The summed E-state index contributed by atoms with van der Waals surface area (Å²) in [5.41, 5.74) is 1.35. The second-order valence-corrected chi connectivity index (χ2v) is 7.05. The maximum atomic E-state index is 12.9. The van der Waals surface area contributed by atoms with Crippen LogP contribution in [-0.4, -0.2) is 22.8 Å². The number of benzene rings is 2. The zero-order valence-electron chi connectivity index (χ0n) is 15.3. The standard InChI is InChI=1S/C22H21N3O3/c26-20-13-17(15-9-3-5-11-18(15)24-20)22(28)25-19-12-6-4-10-16(19)21(27)23-14-7-1-2-8-14/h3-6,9-14H,1-2,7-8H2,(H,23,27)(H,24,26)(H,25,28). The van der Waals surface area contributed by atoms with Crippen molar-refractivity contribution in [3.8, 4) is 0 Å². The molecule has 0 unspecified atom stereocenters. The lowest BCUT2D eigenvalue weighted by molar-refractivity contribution is 0.0939. The molecule has 1 aliphatic carbocycles. The maximum Gasteiger partial charge on any atom is 0.256 e. The molecule has 1 heterocycles. The molecule has 28 heavy (non-hydrogen) atoms. The largest absolute Gasteiger partial charge is 0.349 e. The highest BCUT2D eigenvalue weighted by atomic mass is 16.2. The molecular formula is C22H21N3O3. The van der Waals surface area contributed by atoms with Crippen LogP contribution in [0.3, 0.4) is 0 Å². The van der Waals surface area contributed by atoms with Gasteiger partial charge in [0.05, 0.1) is 16.8 Å². The van der Waals surface area contributed by atoms with Gasteiger partial charge in [0, 0.05) is 23.0 Å². The summed E-state index contributed by atoms with van der Waals surface area (Å²) in [4.78, 5) is 40.2. The number of pyridine rings is 1. The van der Waals surface area contributed by atoms with E-state index in [2.05, 4.69) is 15.6 Å². The van der Waals surface area contributed by atoms with Gasteiger partial charge in [-0.15, -0.1) is 0 Å². The first-order valence-electron chi connectivity index (χ1n) is 9.45. The van der Waals surface area contributed by atoms with Crippen LogP contribution in [0.25, 0.3) is 10.9 Å². The van der Waals surface area contributed by atoms with Gasteiger partial charge in [-0.25, -0.2) is 0 Å². The van der Waals surface area contributed by atoms with E-state index in [4.69, 9.17) is 0 Å². The zero-order valence-corrected chi connectivity index (χ0v) is 15.3. The molecule has 142 valence electrons. The summed E-state index contributed by atoms with van der Waals surface area (Å²) in [6.45, 7) is 0. The fourth-order valence-electron chi connectivity index (χ4n) is 3.71. The smallest absolute Gasteiger partial charge is 0.256 e. The van der Waals surface area contributed by atoms with Crippen molar-refractivity contribution in [3.05, 3.63) is 76.1 Å². The number of aromatic amines is 1. The van der Waals surface area contributed by atoms with E-state index in [-0.39, 0.29) is 23.1 Å². The number of para-hydroxylation sites is 2. The molecule has 3 aromatic rings. The van der Waals surface area contributed by atoms with Crippen LogP contribution in [0.15, 0.2) is 59.4 Å². The van der Waals surface area contributed by atoms with Crippen LogP contribution in [0.4, 0.5) is 5.69 Å². The number of fused-ring (bicyclic) bond motifs is 1. The third kappa shape index (κ3) is 3.67. The summed E-state index contributed by atoms with van der Waals surface area (Å²) in [6.07, 6.45) is 4.22. The zero-order chi connectivity index (χ0) is 19.5. The Morgan fingerprint density at radius 2 is 1.61 bits per heavy atom. The van der Waals surface area contributed by atoms with Gasteiger partial charge in [-0.2, -0.15) is 0 Å². The lowest BCUT2D eigenvalue weighted by atomic mass is 10.1. The number of carbonyl (C=O) groups excluding carboxylic acids is 2. The molecular weight excluding hydrogens is 354 g/mol. The maximum absolute atomic E-state index is 12.9. The predicted octanol–water partition coefficient (Wildman–Crippen LogP) is 3.45. The average Bonchev–Trinajstić information content (AvgIpc) is 3.20. The number of hydrogen-bond donors (Lipinski definition) is 3. The van der Waals surface area contributed by atoms with Crippen molar-refractivity contribution in [3.63, 3.8) is 0 Å². The number of amides is 2. The molecule has 3 N–H and O–H groups in total. The highest BCUT2D eigenvalue weighted by Crippen LogP contribution is 2.22. The lowest BCUT2D eigenvalue weighted by Crippen LogP contribution is -2.33. The van der Waals surface area contributed by atoms with E-state index in [9.17, 15) is 14.4 Å². The molecule has 1 aromatic heterocycles. The van der Waals surface area contributed by atoms with E-state index in [1.807, 2.05) is 0 Å². The number of hydrogen-bond acceptors (Lipinski definition) is 3. The molecule has 1 saturated carbocycles. The van der Waals surface area contributed by atoms with Gasteiger partial charge in [-0.05, 0) is 31.0 Å². The molecule has 0 spiro atoms. The Morgan fingerprint density at radius 3 is 2.43 bits per heavy atom. The normalized spacial score (nSPS) is 14.1. The van der Waals surface area contributed by atoms with E-state index < -0.39 is 5.91 Å². The van der Waals surface area contributed by atoms with Crippen molar-refractivity contribution in [2.24, 2.45) is 0 Å². The number of H-pyrrole nitrogens is 1. The topological polar surface area (TPSA) is 91.1 Å². The first kappa shape index (κ1) is 18.0. The SMILES string of the molecule is O=C(NC1CCCC1)c1ccccc1NC(=O)c1cc(=O)[nH]c2ccccc12. The van der Waals surface area contributed by atoms with Crippen LogP contribution in [0.1, 0.15) is 46.4 Å². The summed E-state index contributed by atoms with van der Waals surface area (Å²) < 4.78 is 0. The van der Waals surface area contributed by atoms with Gasteiger partial charge < -0.3 is 15.6 Å². The first-order chi connectivity index (χ1) is 13.6. The first-order valence-corrected chi connectivity index (χ1v) is 9.45. The fraction of sp³-hybridized carbons (Fsp3) is 0.227. The summed E-state index contributed by atoms with van der Waals surface area (Å²) >= 11 is 0. The molecule has 1 aliphatic rings. The molecule has 0 atom stereocenters. The minimum absolute atomic E-state index is 0.188. The molecule has 0 saturated heterocycles. The van der Waals surface area contributed by atoms with Gasteiger partial charge in [-0.3, -0.25) is 14.4 Å². The summed E-state index contributed by atoms with van der Waals surface area (Å²) in [5, 5.41) is 6.49. The van der Waals surface area contributed by atoms with Crippen molar-refractivity contribution >= 4 is 28.4 Å². The minimum atomic E-state index is -0.427. The van der Waals surface area contributed by atoms with E-state index in [0.717, 1.165) is 25.7 Å². The van der Waals surface area contributed by atoms with Crippen molar-refractivity contribution < 1.29 is 9.59 Å². The predicted molar refractivity (Wildman–Crippen MR) is 109 cm³/mol. The molecule has 0 radical (unpaired) electrons. The van der Waals surface area contributed by atoms with Crippen LogP contribution < -0.4 is 16.2 Å². The van der Waals surface area contributed by atoms with Crippen LogP contribution in [0, 0.1) is 0 Å². The van der Waals surface area contributed by atoms with Crippen LogP contribution in [-0.2, 0) is 0 Å². The molecule has 6 nitrogen and oxygen atoms in total.